The van der Waals surface area contributed by atoms with Crippen molar-refractivity contribution < 1.29 is 18.7 Å². The van der Waals surface area contributed by atoms with Gasteiger partial charge in [0.1, 0.15) is 29.3 Å². The number of aromatic nitrogens is 3. The maximum atomic E-state index is 7.47. The van der Waals surface area contributed by atoms with E-state index in [0.717, 1.165) is 93.6 Å². The fourth-order valence-corrected chi connectivity index (χ4v) is 10.8. The van der Waals surface area contributed by atoms with Crippen molar-refractivity contribution in [2.45, 2.75) is 38.0 Å². The van der Waals surface area contributed by atoms with Gasteiger partial charge in [0.25, 0.3) is 0 Å². The highest BCUT2D eigenvalue weighted by atomic mass is 35.5. The molecule has 2 aromatic heterocycles. The molecule has 5 atom stereocenters. The van der Waals surface area contributed by atoms with E-state index >= 15 is 0 Å². The quantitative estimate of drug-likeness (QED) is 0.0616. The molecule has 5 heterocycles. The molecule has 2 bridgehead atoms. The highest BCUT2D eigenvalue weighted by Crippen LogP contribution is 2.48. The van der Waals surface area contributed by atoms with Crippen LogP contribution in [0.25, 0.3) is 55.7 Å². The summed E-state index contributed by atoms with van der Waals surface area (Å²) < 4.78 is 19.5. The van der Waals surface area contributed by atoms with Crippen LogP contribution in [0.5, 0.6) is 17.4 Å². The fourth-order valence-electron chi connectivity index (χ4n) is 10.5. The monoisotopic (exact) mass is 875 g/mol. The van der Waals surface area contributed by atoms with Gasteiger partial charge in [0, 0.05) is 53.5 Å². The molecule has 8 aromatic rings. The van der Waals surface area contributed by atoms with Crippen LogP contribution >= 0.6 is 11.6 Å². The Kier molecular flexibility index (Phi) is 11.9. The average molecular weight is 877 g/mol. The van der Waals surface area contributed by atoms with Crippen LogP contribution in [0.4, 0.5) is 0 Å². The molecule has 11 rings (SSSR count). The summed E-state index contributed by atoms with van der Waals surface area (Å²) in [5, 5.41) is 1.41. The second kappa shape index (κ2) is 18.4. The summed E-state index contributed by atoms with van der Waals surface area (Å²) in [5.74, 6) is 3.62. The Morgan fingerprint density at radius 1 is 0.708 bits per heavy atom. The van der Waals surface area contributed by atoms with Gasteiger partial charge in [-0.15, -0.1) is 6.58 Å². The van der Waals surface area contributed by atoms with Gasteiger partial charge in [-0.25, -0.2) is 4.98 Å². The van der Waals surface area contributed by atoms with Gasteiger partial charge in [-0.1, -0.05) is 121 Å². The van der Waals surface area contributed by atoms with Crippen molar-refractivity contribution in [3.8, 4) is 62.1 Å². The predicted molar refractivity (Wildman–Crippen MR) is 262 cm³/mol. The zero-order valence-corrected chi connectivity index (χ0v) is 37.6. The molecule has 0 N–H and O–H groups in total. The summed E-state index contributed by atoms with van der Waals surface area (Å²) >= 11 is 7.21. The lowest BCUT2D eigenvalue weighted by atomic mass is 9.71. The molecule has 0 amide bonds. The summed E-state index contributed by atoms with van der Waals surface area (Å²) in [6.45, 7) is 7.34. The van der Waals surface area contributed by atoms with Gasteiger partial charge in [0.05, 0.1) is 44.4 Å². The van der Waals surface area contributed by atoms with Crippen molar-refractivity contribution in [1.82, 2.24) is 15.0 Å². The van der Waals surface area contributed by atoms with Crippen molar-refractivity contribution >= 4 is 22.5 Å². The fraction of sp³-hybridized carbons (Fsp3) is 0.211. The maximum absolute atomic E-state index is 7.47. The molecular formula is C57H52ClN4O3+. The molecule has 8 heteroatoms. The Balaban J connectivity index is 1.09. The van der Waals surface area contributed by atoms with E-state index in [1.165, 1.54) is 16.7 Å². The minimum atomic E-state index is -0.387. The summed E-state index contributed by atoms with van der Waals surface area (Å²) in [7, 11) is 3.42. The third kappa shape index (κ3) is 8.62. The van der Waals surface area contributed by atoms with E-state index in [0.29, 0.717) is 34.3 Å². The second-order valence-corrected chi connectivity index (χ2v) is 17.9. The first-order valence-electron chi connectivity index (χ1n) is 22.5. The van der Waals surface area contributed by atoms with Crippen LogP contribution < -0.4 is 14.2 Å². The van der Waals surface area contributed by atoms with E-state index in [9.17, 15) is 0 Å². The molecule has 0 saturated carbocycles. The number of rotatable bonds is 14. The number of halogens is 1. The predicted octanol–water partition coefficient (Wildman–Crippen LogP) is 13.5. The molecular weight excluding hydrogens is 824 g/mol. The Bertz CT molecular complexity index is 2880. The normalized spacial score (nSPS) is 19.4. The Morgan fingerprint density at radius 2 is 1.34 bits per heavy atom. The number of pyridine rings is 1. The van der Waals surface area contributed by atoms with Gasteiger partial charge >= 0.3 is 0 Å². The molecule has 324 valence electrons. The van der Waals surface area contributed by atoms with Crippen LogP contribution in [0.15, 0.2) is 177 Å². The van der Waals surface area contributed by atoms with Crippen molar-refractivity contribution in [2.75, 3.05) is 27.3 Å². The van der Waals surface area contributed by atoms with Crippen LogP contribution in [0.2, 0.25) is 5.15 Å². The summed E-state index contributed by atoms with van der Waals surface area (Å²) in [4.78, 5) is 14.8. The molecule has 3 aliphatic heterocycles. The zero-order valence-electron chi connectivity index (χ0n) is 36.8. The molecule has 3 fully saturated rings. The minimum Gasteiger partial charge on any atom is -0.497 e. The summed E-state index contributed by atoms with van der Waals surface area (Å²) in [6, 6.07) is 54.7. The molecule has 0 radical (unpaired) electrons. The number of para-hydroxylation sites is 1. The van der Waals surface area contributed by atoms with Gasteiger partial charge in [-0.3, -0.25) is 4.98 Å². The lowest BCUT2D eigenvalue weighted by molar-refractivity contribution is -0.981. The van der Waals surface area contributed by atoms with E-state index in [2.05, 4.69) is 79.4 Å². The molecule has 6 aromatic carbocycles. The molecule has 3 saturated heterocycles. The first-order valence-corrected chi connectivity index (χ1v) is 22.9. The van der Waals surface area contributed by atoms with E-state index in [4.69, 9.17) is 40.8 Å². The smallest absolute Gasteiger partial charge is 0.227 e. The first-order chi connectivity index (χ1) is 31.9. The third-order valence-electron chi connectivity index (χ3n) is 13.8. The van der Waals surface area contributed by atoms with Crippen LogP contribution in [0, 0.1) is 11.8 Å². The third-order valence-corrected chi connectivity index (χ3v) is 14.1. The summed E-state index contributed by atoms with van der Waals surface area (Å²) in [6.07, 6.45) is 6.71. The van der Waals surface area contributed by atoms with Gasteiger partial charge < -0.3 is 18.7 Å². The first kappa shape index (κ1) is 42.2. The standard InChI is InChI=1S/C57H52ClN4O3/c1-4-39-37-62(36-38-31-45(40-19-23-48(63-2)24-20-40)33-46(32-38)41-21-25-49(64-3)26-22-41)30-28-44(39)34-47(62)35-53(51-27-29-59-52-18-12-11-17-50(51)52)65-57-54(42-13-7-5-8-14-42)55(58)60-56(61-57)43-15-9-6-10-16-43/h4-27,29,31-33,39,44,47,53H,1,28,30,34-37H2,2-3H3/q+1/t39?,44?,47?,53-,62?/m1/s1. The molecule has 4 unspecified atom stereocenters. The lowest BCUT2D eigenvalue weighted by Crippen LogP contribution is -2.66. The number of fused-ring (bicyclic) bond motifs is 4. The minimum absolute atomic E-state index is 0.266. The molecule has 7 nitrogen and oxygen atoms in total. The zero-order chi connectivity index (χ0) is 44.3. The number of methoxy groups -OCH3 is 2. The number of quaternary nitrogens is 1. The SMILES string of the molecule is C=CC1C[N+]2(Cc3cc(-c4ccc(OC)cc4)cc(-c4ccc(OC)cc4)c3)CCC1CC2C[C@@H](Oc1nc(-c2ccccc2)nc(Cl)c1-c1ccccc1)c1ccnc2ccccc12. The number of nitrogens with zero attached hydrogens (tertiary/aromatic N) is 4. The average Bonchev–Trinajstić information content (AvgIpc) is 3.36. The van der Waals surface area contributed by atoms with Crippen LogP contribution in [-0.2, 0) is 6.54 Å². The van der Waals surface area contributed by atoms with Crippen molar-refractivity contribution in [3.63, 3.8) is 0 Å². The van der Waals surface area contributed by atoms with Gasteiger partial charge in [0.15, 0.2) is 5.82 Å². The molecule has 3 aliphatic rings. The Labute approximate surface area is 386 Å². The van der Waals surface area contributed by atoms with Crippen LogP contribution in [-0.4, -0.2) is 52.8 Å². The summed E-state index contributed by atoms with van der Waals surface area (Å²) in [5.41, 5.74) is 10.4. The number of benzene rings is 6. The van der Waals surface area contributed by atoms with Gasteiger partial charge in [-0.2, -0.15) is 4.98 Å². The largest absolute Gasteiger partial charge is 0.497 e. The van der Waals surface area contributed by atoms with Crippen molar-refractivity contribution in [3.05, 3.63) is 193 Å². The van der Waals surface area contributed by atoms with Crippen LogP contribution in [0.1, 0.15) is 36.5 Å². The Hall–Kier alpha value is -6.80. The number of piperidine rings is 3. The number of hydrogen-bond donors (Lipinski definition) is 0. The highest BCUT2D eigenvalue weighted by molar-refractivity contribution is 6.32. The molecule has 65 heavy (non-hydrogen) atoms. The van der Waals surface area contributed by atoms with E-state index in [1.807, 2.05) is 97.2 Å². The molecule has 0 spiro atoms. The van der Waals surface area contributed by atoms with E-state index < -0.39 is 0 Å². The lowest BCUT2D eigenvalue weighted by Gasteiger charge is -2.57. The number of hydrogen-bond acceptors (Lipinski definition) is 6. The van der Waals surface area contributed by atoms with E-state index in [-0.39, 0.29) is 12.1 Å². The highest BCUT2D eigenvalue weighted by Gasteiger charge is 2.52. The molecule has 0 aliphatic carbocycles. The van der Waals surface area contributed by atoms with Crippen LogP contribution in [0.3, 0.4) is 0 Å². The van der Waals surface area contributed by atoms with Crippen molar-refractivity contribution in [2.24, 2.45) is 11.8 Å². The topological polar surface area (TPSA) is 66.4 Å². The second-order valence-electron chi connectivity index (χ2n) is 17.5. The maximum Gasteiger partial charge on any atom is 0.227 e. The van der Waals surface area contributed by atoms with Crippen molar-refractivity contribution in [1.29, 1.82) is 0 Å². The van der Waals surface area contributed by atoms with Gasteiger partial charge in [0.2, 0.25) is 5.88 Å². The Morgan fingerprint density at radius 3 is 1.98 bits per heavy atom. The number of ether oxygens (including phenoxy) is 3. The van der Waals surface area contributed by atoms with E-state index in [1.54, 1.807) is 14.2 Å². The van der Waals surface area contributed by atoms with Gasteiger partial charge in [-0.05, 0) is 88.3 Å².